The van der Waals surface area contributed by atoms with Crippen molar-refractivity contribution >= 4 is 17.9 Å². The second-order valence-electron chi connectivity index (χ2n) is 7.41. The van der Waals surface area contributed by atoms with Crippen molar-refractivity contribution < 1.29 is 59.9 Å². The first kappa shape index (κ1) is 26.7. The first-order chi connectivity index (χ1) is 12.4. The Morgan fingerprint density at radius 1 is 0.679 bits per heavy atom. The van der Waals surface area contributed by atoms with Crippen LogP contribution in [-0.2, 0) is 31.5 Å². The Labute approximate surface area is 172 Å². The maximum Gasteiger partial charge on any atom is 3.00 e. The van der Waals surface area contributed by atoms with Crippen LogP contribution in [0.25, 0.3) is 0 Å². The summed E-state index contributed by atoms with van der Waals surface area (Å²) in [5.74, 6) is -3.72. The minimum atomic E-state index is -1.24. The fourth-order valence-corrected chi connectivity index (χ4v) is 2.95. The van der Waals surface area contributed by atoms with Crippen molar-refractivity contribution in [3.63, 3.8) is 0 Å². The van der Waals surface area contributed by atoms with Gasteiger partial charge in [0, 0.05) is 16.2 Å². The summed E-state index contributed by atoms with van der Waals surface area (Å²) < 4.78 is 36.8. The van der Waals surface area contributed by atoms with E-state index in [1.165, 1.54) is 0 Å². The summed E-state index contributed by atoms with van der Waals surface area (Å²) in [5.41, 5.74) is -3.33. The van der Waals surface area contributed by atoms with Crippen molar-refractivity contribution in [1.82, 2.24) is 0 Å². The smallest absolute Gasteiger partial charge is 0.549 e. The van der Waals surface area contributed by atoms with Gasteiger partial charge in [-0.1, -0.05) is 20.8 Å². The Bertz CT molecular complexity index is 513. The molecule has 3 aliphatic rings. The Morgan fingerprint density at radius 2 is 0.821 bits per heavy atom. The predicted octanol–water partition coefficient (Wildman–Crippen LogP) is -0.379. The number of alkyl halides is 3. The molecule has 0 N–H and O–H groups in total. The van der Waals surface area contributed by atoms with E-state index < -0.39 is 52.7 Å². The van der Waals surface area contributed by atoms with Crippen LogP contribution in [0.1, 0.15) is 59.3 Å². The number of hydrogen-bond donors (Lipinski definition) is 0. The van der Waals surface area contributed by atoms with Crippen LogP contribution in [0.2, 0.25) is 0 Å². The van der Waals surface area contributed by atoms with Crippen molar-refractivity contribution in [2.75, 3.05) is 0 Å². The summed E-state index contributed by atoms with van der Waals surface area (Å²) >= 11 is 0. The second-order valence-corrected chi connectivity index (χ2v) is 7.41. The maximum absolute atomic E-state index is 12.3. The van der Waals surface area contributed by atoms with Crippen LogP contribution in [0.4, 0.5) is 13.2 Å². The minimum absolute atomic E-state index is 0. The Kier molecular flexibility index (Phi) is 9.04. The molecule has 3 rings (SSSR count). The molecular formula is C18H24F3FeO6. The van der Waals surface area contributed by atoms with E-state index in [2.05, 4.69) is 0 Å². The molecule has 0 aromatic rings. The van der Waals surface area contributed by atoms with E-state index in [-0.39, 0.29) is 36.3 Å². The molecule has 3 fully saturated rings. The van der Waals surface area contributed by atoms with Crippen molar-refractivity contribution in [3.8, 4) is 0 Å². The van der Waals surface area contributed by atoms with E-state index in [0.717, 1.165) is 0 Å². The molecule has 0 bridgehead atoms. The fourth-order valence-electron chi connectivity index (χ4n) is 2.95. The molecule has 6 nitrogen and oxygen atoms in total. The van der Waals surface area contributed by atoms with E-state index in [1.54, 1.807) is 20.8 Å². The molecule has 6 atom stereocenters. The number of rotatable bonds is 6. The van der Waals surface area contributed by atoms with E-state index >= 15 is 0 Å². The SMILES string of the molecule is CCC1(C(=O)[O-])CC1F.CCC1(C(=O)[O-])CC1F.CCC1(C(=O)[O-])CC1F.[Fe+3]. The monoisotopic (exact) mass is 449 g/mol. The quantitative estimate of drug-likeness (QED) is 0.510. The van der Waals surface area contributed by atoms with E-state index in [0.29, 0.717) is 19.3 Å². The van der Waals surface area contributed by atoms with Gasteiger partial charge in [0.05, 0.1) is 17.9 Å². The molecule has 0 aromatic heterocycles. The summed E-state index contributed by atoms with van der Waals surface area (Å²) in [5, 5.41) is 30.5. The Balaban J connectivity index is 0.000000384. The number of carboxylic acid groups (broad SMARTS) is 3. The van der Waals surface area contributed by atoms with Crippen LogP contribution in [0.15, 0.2) is 0 Å². The molecule has 0 aromatic carbocycles. The summed E-state index contributed by atoms with van der Waals surface area (Å²) in [7, 11) is 0. The molecule has 28 heavy (non-hydrogen) atoms. The number of aliphatic carboxylic acids is 3. The topological polar surface area (TPSA) is 120 Å². The van der Waals surface area contributed by atoms with Gasteiger partial charge in [-0.25, -0.2) is 13.2 Å². The van der Waals surface area contributed by atoms with Gasteiger partial charge in [0.1, 0.15) is 18.5 Å². The van der Waals surface area contributed by atoms with Gasteiger partial charge in [0.15, 0.2) is 0 Å². The van der Waals surface area contributed by atoms with Crippen LogP contribution < -0.4 is 15.3 Å². The zero-order chi connectivity index (χ0) is 21.2. The van der Waals surface area contributed by atoms with Gasteiger partial charge in [-0.3, -0.25) is 0 Å². The summed E-state index contributed by atoms with van der Waals surface area (Å²) in [6, 6.07) is 0. The summed E-state index contributed by atoms with van der Waals surface area (Å²) in [4.78, 5) is 30.5. The van der Waals surface area contributed by atoms with Crippen LogP contribution >= 0.6 is 0 Å². The standard InChI is InChI=1S/3C6H9FO2.Fe/c3*1-2-6(5(8)9)3-4(6)7;/h3*4H,2-3H2,1H3,(H,8,9);/q;;;+3/p-3. The van der Waals surface area contributed by atoms with Gasteiger partial charge < -0.3 is 29.7 Å². The third-order valence-corrected chi connectivity index (χ3v) is 6.06. The molecule has 0 amide bonds. The van der Waals surface area contributed by atoms with Gasteiger partial charge >= 0.3 is 17.1 Å². The number of halogens is 3. The first-order valence-electron chi connectivity index (χ1n) is 8.96. The summed E-state index contributed by atoms with van der Waals surface area (Å²) in [6.07, 6.45) is -2.01. The third-order valence-electron chi connectivity index (χ3n) is 6.06. The minimum Gasteiger partial charge on any atom is -0.549 e. The van der Waals surface area contributed by atoms with Gasteiger partial charge in [0.2, 0.25) is 0 Å². The second kappa shape index (κ2) is 9.48. The maximum atomic E-state index is 12.3. The predicted molar refractivity (Wildman–Crippen MR) is 81.7 cm³/mol. The van der Waals surface area contributed by atoms with Gasteiger partial charge in [-0.15, -0.1) is 0 Å². The molecule has 3 aliphatic carbocycles. The Morgan fingerprint density at radius 3 is 0.821 bits per heavy atom. The number of carbonyl (C=O) groups excluding carboxylic acids is 3. The van der Waals surface area contributed by atoms with Crippen molar-refractivity contribution in [3.05, 3.63) is 0 Å². The zero-order valence-electron chi connectivity index (χ0n) is 15.9. The Hall–Kier alpha value is -1.28. The van der Waals surface area contributed by atoms with Crippen LogP contribution in [0.5, 0.6) is 0 Å². The van der Waals surface area contributed by atoms with Crippen molar-refractivity contribution in [2.45, 2.75) is 77.8 Å². The third kappa shape index (κ3) is 5.00. The van der Waals surface area contributed by atoms with Crippen LogP contribution in [0, 0.1) is 16.2 Å². The normalized spacial score (nSPS) is 39.0. The molecule has 0 heterocycles. The molecule has 0 spiro atoms. The molecular weight excluding hydrogens is 425 g/mol. The van der Waals surface area contributed by atoms with Crippen molar-refractivity contribution in [2.24, 2.45) is 16.2 Å². The molecule has 1 radical (unpaired) electrons. The zero-order valence-corrected chi connectivity index (χ0v) is 17.0. The molecule has 161 valence electrons. The summed E-state index contributed by atoms with van der Waals surface area (Å²) in [6.45, 7) is 4.99. The number of carboxylic acids is 3. The number of carbonyl (C=O) groups is 3. The average molecular weight is 449 g/mol. The van der Waals surface area contributed by atoms with Gasteiger partial charge in [-0.05, 0) is 38.5 Å². The molecule has 3 saturated carbocycles. The van der Waals surface area contributed by atoms with E-state index in [4.69, 9.17) is 0 Å². The van der Waals surface area contributed by atoms with E-state index in [9.17, 15) is 42.9 Å². The number of hydrogen-bond acceptors (Lipinski definition) is 6. The largest absolute Gasteiger partial charge is 3.00 e. The fraction of sp³-hybridized carbons (Fsp3) is 0.833. The first-order valence-corrected chi connectivity index (χ1v) is 8.96. The van der Waals surface area contributed by atoms with Gasteiger partial charge in [0.25, 0.3) is 0 Å². The van der Waals surface area contributed by atoms with E-state index in [1.807, 2.05) is 0 Å². The molecule has 0 aliphatic heterocycles. The van der Waals surface area contributed by atoms with Gasteiger partial charge in [-0.2, -0.15) is 0 Å². The van der Waals surface area contributed by atoms with Crippen LogP contribution in [-0.4, -0.2) is 36.4 Å². The molecule has 0 saturated heterocycles. The molecule has 10 heteroatoms. The van der Waals surface area contributed by atoms with Crippen molar-refractivity contribution in [1.29, 1.82) is 0 Å². The van der Waals surface area contributed by atoms with Crippen LogP contribution in [0.3, 0.4) is 0 Å². The molecule has 6 unspecified atom stereocenters. The average Bonchev–Trinajstić information content (AvgIpc) is 3.52.